The van der Waals surface area contributed by atoms with Crippen molar-refractivity contribution in [2.24, 2.45) is 11.8 Å². The van der Waals surface area contributed by atoms with Crippen molar-refractivity contribution in [3.63, 3.8) is 0 Å². The lowest BCUT2D eigenvalue weighted by atomic mass is 9.81. The maximum atomic E-state index is 15.4. The third kappa shape index (κ3) is 6.49. The van der Waals surface area contributed by atoms with E-state index in [1.165, 1.54) is 12.1 Å². The van der Waals surface area contributed by atoms with Crippen molar-refractivity contribution in [3.05, 3.63) is 66.1 Å². The monoisotopic (exact) mass is 500 g/mol. The molecular weight excluding hydrogens is 470 g/mol. The van der Waals surface area contributed by atoms with Crippen LogP contribution in [0.1, 0.15) is 31.0 Å². The number of alkyl halides is 1. The Morgan fingerprint density at radius 2 is 2.14 bits per heavy atom. The molecule has 0 amide bonds. The van der Waals surface area contributed by atoms with Crippen molar-refractivity contribution in [1.82, 2.24) is 9.88 Å². The lowest BCUT2D eigenvalue weighted by molar-refractivity contribution is -0.146. The van der Waals surface area contributed by atoms with E-state index in [1.807, 2.05) is 12.1 Å². The SMILES string of the molecule is COc1ccc2nccc([C@@H](F)CC[C@@H]3CCN(CCSc4cccc(F)c4)C[C@@H]3C(=O)O)c2c1. The standard InChI is InChI=1S/C27H30F2N2O3S/c1-34-20-6-8-26-23(16-20)22(9-11-30-26)25(29)7-5-18-10-12-31(17-24(18)27(32)33)13-14-35-21-4-2-3-19(28)15-21/h2-4,6,8-9,11,15-16,18,24-25H,5,7,10,12-14,17H2,1H3,(H,32,33)/t18-,24+,25+/m1/s1. The van der Waals surface area contributed by atoms with Gasteiger partial charge in [-0.05, 0) is 79.8 Å². The van der Waals surface area contributed by atoms with Crippen molar-refractivity contribution < 1.29 is 23.4 Å². The summed E-state index contributed by atoms with van der Waals surface area (Å²) in [5.74, 6) is -0.275. The Morgan fingerprint density at radius 1 is 1.29 bits per heavy atom. The highest BCUT2D eigenvalue weighted by Crippen LogP contribution is 2.35. The molecule has 5 nitrogen and oxygen atoms in total. The molecule has 0 radical (unpaired) electrons. The molecule has 186 valence electrons. The van der Waals surface area contributed by atoms with E-state index >= 15 is 4.39 Å². The van der Waals surface area contributed by atoms with Crippen molar-refractivity contribution in [2.45, 2.75) is 30.3 Å². The molecule has 0 spiro atoms. The lowest BCUT2D eigenvalue weighted by Crippen LogP contribution is -2.44. The average molecular weight is 501 g/mol. The smallest absolute Gasteiger partial charge is 0.308 e. The summed E-state index contributed by atoms with van der Waals surface area (Å²) in [5.41, 5.74) is 1.27. The average Bonchev–Trinajstić information content (AvgIpc) is 2.87. The number of piperidine rings is 1. The minimum absolute atomic E-state index is 0.0690. The van der Waals surface area contributed by atoms with Crippen LogP contribution in [0.3, 0.4) is 0 Å². The molecule has 0 aliphatic carbocycles. The summed E-state index contributed by atoms with van der Waals surface area (Å²) >= 11 is 1.56. The van der Waals surface area contributed by atoms with Crippen LogP contribution in [0.15, 0.2) is 59.6 Å². The Labute approximate surface area is 208 Å². The number of nitrogens with zero attached hydrogens (tertiary/aromatic N) is 2. The number of pyridine rings is 1. The summed E-state index contributed by atoms with van der Waals surface area (Å²) in [7, 11) is 1.57. The van der Waals surface area contributed by atoms with E-state index in [0.29, 0.717) is 29.8 Å². The number of hydrogen-bond donors (Lipinski definition) is 1. The van der Waals surface area contributed by atoms with Crippen molar-refractivity contribution in [3.8, 4) is 5.75 Å². The van der Waals surface area contributed by atoms with E-state index in [4.69, 9.17) is 4.74 Å². The summed E-state index contributed by atoms with van der Waals surface area (Å²) in [5, 5.41) is 10.6. The van der Waals surface area contributed by atoms with Gasteiger partial charge in [-0.2, -0.15) is 0 Å². The second-order valence-electron chi connectivity index (χ2n) is 8.93. The molecule has 1 aromatic heterocycles. The highest BCUT2D eigenvalue weighted by molar-refractivity contribution is 7.99. The fraction of sp³-hybridized carbons (Fsp3) is 0.407. The Morgan fingerprint density at radius 3 is 2.91 bits per heavy atom. The molecule has 1 fully saturated rings. The van der Waals surface area contributed by atoms with Crippen LogP contribution >= 0.6 is 11.8 Å². The van der Waals surface area contributed by atoms with E-state index in [1.54, 1.807) is 49.3 Å². The molecule has 1 N–H and O–H groups in total. The number of hydrogen-bond acceptors (Lipinski definition) is 5. The molecule has 3 aromatic rings. The van der Waals surface area contributed by atoms with Gasteiger partial charge in [0, 0.05) is 35.3 Å². The zero-order valence-corrected chi connectivity index (χ0v) is 20.5. The largest absolute Gasteiger partial charge is 0.497 e. The number of aromatic nitrogens is 1. The number of benzene rings is 2. The van der Waals surface area contributed by atoms with Gasteiger partial charge in [-0.1, -0.05) is 6.07 Å². The molecule has 2 heterocycles. The molecule has 4 rings (SSSR count). The van der Waals surface area contributed by atoms with E-state index in [-0.39, 0.29) is 18.2 Å². The van der Waals surface area contributed by atoms with E-state index < -0.39 is 18.1 Å². The Balaban J connectivity index is 1.33. The van der Waals surface area contributed by atoms with Crippen LogP contribution < -0.4 is 4.74 Å². The highest BCUT2D eigenvalue weighted by atomic mass is 32.2. The van der Waals surface area contributed by atoms with Crippen LogP contribution in [0.4, 0.5) is 8.78 Å². The molecule has 3 atom stereocenters. The van der Waals surface area contributed by atoms with Gasteiger partial charge in [0.15, 0.2) is 0 Å². The van der Waals surface area contributed by atoms with Crippen molar-refractivity contribution in [1.29, 1.82) is 0 Å². The molecule has 1 aliphatic rings. The maximum absolute atomic E-state index is 15.4. The second kappa shape index (κ2) is 11.8. The number of carbonyl (C=O) groups is 1. The molecule has 8 heteroatoms. The maximum Gasteiger partial charge on any atom is 0.308 e. The number of aliphatic carboxylic acids is 1. The summed E-state index contributed by atoms with van der Waals surface area (Å²) in [4.78, 5) is 19.3. The third-order valence-corrected chi connectivity index (χ3v) is 7.71. The first-order valence-electron chi connectivity index (χ1n) is 11.8. The predicted octanol–water partition coefficient (Wildman–Crippen LogP) is 5.99. The van der Waals surface area contributed by atoms with Crippen molar-refractivity contribution in [2.75, 3.05) is 32.5 Å². The normalized spacial score (nSPS) is 19.5. The fourth-order valence-corrected chi connectivity index (χ4v) is 5.76. The zero-order chi connectivity index (χ0) is 24.8. The molecule has 35 heavy (non-hydrogen) atoms. The molecular formula is C27H30F2N2O3S. The number of ether oxygens (including phenoxy) is 1. The number of carboxylic acid groups (broad SMARTS) is 1. The number of carboxylic acids is 1. The summed E-state index contributed by atoms with van der Waals surface area (Å²) in [6, 6.07) is 13.6. The highest BCUT2D eigenvalue weighted by Gasteiger charge is 2.34. The number of fused-ring (bicyclic) bond motifs is 1. The van der Waals surface area contributed by atoms with Gasteiger partial charge < -0.3 is 14.7 Å². The summed E-state index contributed by atoms with van der Waals surface area (Å²) in [6.45, 7) is 1.97. The van der Waals surface area contributed by atoms with Crippen LogP contribution in [0.2, 0.25) is 0 Å². The predicted molar refractivity (Wildman–Crippen MR) is 134 cm³/mol. The quantitative estimate of drug-likeness (QED) is 0.345. The van der Waals surface area contributed by atoms with Crippen LogP contribution in [-0.2, 0) is 4.79 Å². The minimum Gasteiger partial charge on any atom is -0.497 e. The van der Waals surface area contributed by atoms with E-state index in [0.717, 1.165) is 35.5 Å². The second-order valence-corrected chi connectivity index (χ2v) is 10.1. The number of methoxy groups -OCH3 is 1. The lowest BCUT2D eigenvalue weighted by Gasteiger charge is -2.36. The van der Waals surface area contributed by atoms with Gasteiger partial charge in [0.2, 0.25) is 0 Å². The molecule has 1 saturated heterocycles. The summed E-state index contributed by atoms with van der Waals surface area (Å²) in [6.07, 6.45) is 1.90. The molecule has 2 aromatic carbocycles. The Hall–Kier alpha value is -2.71. The van der Waals surface area contributed by atoms with Crippen LogP contribution in [0.25, 0.3) is 10.9 Å². The topological polar surface area (TPSA) is 62.7 Å². The summed E-state index contributed by atoms with van der Waals surface area (Å²) < 4.78 is 34.0. The van der Waals surface area contributed by atoms with Gasteiger partial charge in [0.25, 0.3) is 0 Å². The van der Waals surface area contributed by atoms with Gasteiger partial charge >= 0.3 is 5.97 Å². The van der Waals surface area contributed by atoms with Crippen LogP contribution in [0.5, 0.6) is 5.75 Å². The van der Waals surface area contributed by atoms with Crippen LogP contribution in [0, 0.1) is 17.7 Å². The Bertz CT molecular complexity index is 1160. The van der Waals surface area contributed by atoms with E-state index in [2.05, 4.69) is 9.88 Å². The molecule has 0 unspecified atom stereocenters. The molecule has 0 bridgehead atoms. The number of likely N-dealkylation sites (tertiary alicyclic amines) is 1. The number of halogens is 2. The minimum atomic E-state index is -1.21. The van der Waals surface area contributed by atoms with Gasteiger partial charge in [-0.3, -0.25) is 9.78 Å². The zero-order valence-electron chi connectivity index (χ0n) is 19.7. The molecule has 1 aliphatic heterocycles. The van der Waals surface area contributed by atoms with Gasteiger partial charge in [-0.25, -0.2) is 8.78 Å². The van der Waals surface area contributed by atoms with Gasteiger partial charge in [0.05, 0.1) is 18.5 Å². The van der Waals surface area contributed by atoms with Gasteiger partial charge in [0.1, 0.15) is 17.7 Å². The first-order chi connectivity index (χ1) is 16.9. The Kier molecular flexibility index (Phi) is 8.57. The fourth-order valence-electron chi connectivity index (χ4n) is 4.81. The van der Waals surface area contributed by atoms with Gasteiger partial charge in [-0.15, -0.1) is 11.8 Å². The van der Waals surface area contributed by atoms with Crippen molar-refractivity contribution >= 4 is 28.6 Å². The number of rotatable bonds is 10. The van der Waals surface area contributed by atoms with E-state index in [9.17, 15) is 14.3 Å². The third-order valence-electron chi connectivity index (χ3n) is 6.74. The van der Waals surface area contributed by atoms with Crippen LogP contribution in [-0.4, -0.2) is 53.5 Å². The molecule has 0 saturated carbocycles. The first kappa shape index (κ1) is 25.4. The number of thioether (sulfide) groups is 1. The first-order valence-corrected chi connectivity index (χ1v) is 12.8.